The molecule has 41 heavy (non-hydrogen) atoms. The maximum atomic E-state index is 2.55. The van der Waals surface area contributed by atoms with Crippen LogP contribution in [0.15, 0.2) is 79.4 Å². The Hall–Kier alpha value is -2.35. The summed E-state index contributed by atoms with van der Waals surface area (Å²) in [4.78, 5) is 0. The van der Waals surface area contributed by atoms with Gasteiger partial charge in [0, 0.05) is 5.41 Å². The van der Waals surface area contributed by atoms with Crippen LogP contribution in [-0.4, -0.2) is 4.57 Å². The minimum atomic E-state index is 0.0146. The van der Waals surface area contributed by atoms with Crippen molar-refractivity contribution in [2.75, 3.05) is 0 Å². The molecule has 0 bridgehead atoms. The van der Waals surface area contributed by atoms with E-state index in [1.807, 2.05) is 0 Å². The van der Waals surface area contributed by atoms with Crippen LogP contribution < -0.4 is 4.57 Å². The zero-order chi connectivity index (χ0) is 29.0. The van der Waals surface area contributed by atoms with Crippen LogP contribution in [-0.2, 0) is 18.4 Å². The lowest BCUT2D eigenvalue weighted by molar-refractivity contribution is -0.697. The first-order valence-electron chi connectivity index (χ1n) is 17.3. The Morgan fingerprint density at radius 2 is 1.15 bits per heavy atom. The summed E-state index contributed by atoms with van der Waals surface area (Å²) in [5, 5.41) is 0. The van der Waals surface area contributed by atoms with Gasteiger partial charge in [-0.15, -0.1) is 0 Å². The summed E-state index contributed by atoms with van der Waals surface area (Å²) in [7, 11) is 0. The van der Waals surface area contributed by atoms with Gasteiger partial charge < -0.3 is 0 Å². The Morgan fingerprint density at radius 1 is 0.634 bits per heavy atom. The Balaban J connectivity index is 1.57. The average molecular weight is 558 g/mol. The van der Waals surface area contributed by atoms with Crippen LogP contribution in [0.2, 0.25) is 0 Å². The second kappa shape index (κ2) is 19.7. The summed E-state index contributed by atoms with van der Waals surface area (Å²) in [6, 6.07) is 22.9. The first kappa shape index (κ1) is 33.2. The molecule has 0 aliphatic heterocycles. The minimum Gasteiger partial charge on any atom is -0.237 e. The highest BCUT2D eigenvalue weighted by Crippen LogP contribution is 2.41. The van der Waals surface area contributed by atoms with Gasteiger partial charge in [-0.1, -0.05) is 171 Å². The molecule has 0 amide bonds. The van der Waals surface area contributed by atoms with Crippen LogP contribution in [0, 0.1) is 0 Å². The Labute approximate surface area is 253 Å². The number of aromatic nitrogens is 2. The lowest BCUT2D eigenvalue weighted by atomic mass is 9.70. The van der Waals surface area contributed by atoms with Gasteiger partial charge in [0.05, 0.1) is 6.54 Å². The topological polar surface area (TPSA) is 8.81 Å². The second-order valence-electron chi connectivity index (χ2n) is 12.8. The number of unbranched alkanes of at least 4 members (excludes halogenated alkanes) is 14. The Morgan fingerprint density at radius 3 is 1.71 bits per heavy atom. The van der Waals surface area contributed by atoms with Gasteiger partial charge in [0.25, 0.3) is 0 Å². The molecular weight excluding hydrogens is 496 g/mol. The number of hydrogen-bond acceptors (Lipinski definition) is 0. The average Bonchev–Trinajstić information content (AvgIpc) is 3.47. The summed E-state index contributed by atoms with van der Waals surface area (Å²) < 4.78 is 4.95. The SMILES string of the molecule is CCCCCCCCCCCCCCCCC(n1cc[n+](CCCC)c1)C(C)(Cc1ccccc1)c1ccccc1. The standard InChI is InChI=1S/C39H61N2/c1-4-6-8-9-10-11-12-13-14-15-16-17-18-25-30-38(41-33-32-40(35-41)31-7-5-2)39(3,37-28-23-20-24-29-37)34-36-26-21-19-22-27-36/h19-24,26-29,32-33,35,38H,4-18,25,30-31,34H2,1-3H3/q+1. The molecule has 0 aliphatic rings. The molecule has 3 rings (SSSR count). The lowest BCUT2D eigenvalue weighted by Crippen LogP contribution is -2.38. The predicted octanol–water partition coefficient (Wildman–Crippen LogP) is 11.2. The van der Waals surface area contributed by atoms with E-state index in [-0.39, 0.29) is 5.41 Å². The molecule has 0 aliphatic carbocycles. The van der Waals surface area contributed by atoms with Crippen molar-refractivity contribution in [2.24, 2.45) is 0 Å². The third kappa shape index (κ3) is 11.8. The Bertz CT molecular complexity index is 1020. The van der Waals surface area contributed by atoms with Crippen molar-refractivity contribution in [1.29, 1.82) is 0 Å². The molecule has 1 heterocycles. The fourth-order valence-corrected chi connectivity index (χ4v) is 6.65. The molecule has 0 saturated carbocycles. The van der Waals surface area contributed by atoms with Crippen LogP contribution >= 0.6 is 0 Å². The lowest BCUT2D eigenvalue weighted by Gasteiger charge is -2.37. The largest absolute Gasteiger partial charge is 0.244 e. The number of imidazole rings is 1. The molecule has 0 N–H and O–H groups in total. The zero-order valence-corrected chi connectivity index (χ0v) is 26.9. The van der Waals surface area contributed by atoms with E-state index in [2.05, 4.69) is 109 Å². The van der Waals surface area contributed by atoms with E-state index in [4.69, 9.17) is 0 Å². The van der Waals surface area contributed by atoms with Gasteiger partial charge in [0.1, 0.15) is 18.4 Å². The maximum Gasteiger partial charge on any atom is 0.244 e. The van der Waals surface area contributed by atoms with Crippen molar-refractivity contribution in [3.8, 4) is 0 Å². The Kier molecular flexibility index (Phi) is 15.9. The highest BCUT2D eigenvalue weighted by molar-refractivity contribution is 5.30. The fourth-order valence-electron chi connectivity index (χ4n) is 6.65. The van der Waals surface area contributed by atoms with Crippen LogP contribution in [0.3, 0.4) is 0 Å². The molecule has 1 aromatic heterocycles. The van der Waals surface area contributed by atoms with Crippen LogP contribution in [0.5, 0.6) is 0 Å². The monoisotopic (exact) mass is 557 g/mol. The summed E-state index contributed by atoms with van der Waals surface area (Å²) in [5.41, 5.74) is 2.89. The molecule has 3 aromatic rings. The third-order valence-corrected chi connectivity index (χ3v) is 9.26. The van der Waals surface area contributed by atoms with Gasteiger partial charge in [0.2, 0.25) is 6.33 Å². The van der Waals surface area contributed by atoms with Crippen molar-refractivity contribution in [3.63, 3.8) is 0 Å². The summed E-state index contributed by atoms with van der Waals surface area (Å²) in [5.74, 6) is 0. The summed E-state index contributed by atoms with van der Waals surface area (Å²) >= 11 is 0. The summed E-state index contributed by atoms with van der Waals surface area (Å²) in [6.07, 6.45) is 31.5. The smallest absolute Gasteiger partial charge is 0.237 e. The molecular formula is C39H61N2+. The molecule has 0 spiro atoms. The van der Waals surface area contributed by atoms with E-state index in [1.165, 1.54) is 120 Å². The number of hydrogen-bond donors (Lipinski definition) is 0. The molecule has 2 nitrogen and oxygen atoms in total. The van der Waals surface area contributed by atoms with E-state index < -0.39 is 0 Å². The van der Waals surface area contributed by atoms with Crippen molar-refractivity contribution in [3.05, 3.63) is 90.5 Å². The summed E-state index contributed by atoms with van der Waals surface area (Å²) in [6.45, 7) is 8.20. The third-order valence-electron chi connectivity index (χ3n) is 9.26. The van der Waals surface area contributed by atoms with E-state index in [0.29, 0.717) is 6.04 Å². The van der Waals surface area contributed by atoms with Gasteiger partial charge in [0.15, 0.2) is 0 Å². The van der Waals surface area contributed by atoms with E-state index >= 15 is 0 Å². The van der Waals surface area contributed by atoms with Crippen LogP contribution in [0.4, 0.5) is 0 Å². The van der Waals surface area contributed by atoms with Crippen molar-refractivity contribution in [1.82, 2.24) is 4.57 Å². The molecule has 0 saturated heterocycles. The quantitative estimate of drug-likeness (QED) is 0.0810. The molecule has 2 heteroatoms. The minimum absolute atomic E-state index is 0.0146. The first-order chi connectivity index (χ1) is 20.2. The van der Waals surface area contributed by atoms with Gasteiger partial charge in [-0.25, -0.2) is 9.13 Å². The molecule has 2 atom stereocenters. The normalized spacial score (nSPS) is 13.7. The van der Waals surface area contributed by atoms with Gasteiger partial charge in [-0.3, -0.25) is 0 Å². The van der Waals surface area contributed by atoms with Gasteiger partial charge in [-0.2, -0.15) is 0 Å². The molecule has 0 fully saturated rings. The number of rotatable bonds is 23. The van der Waals surface area contributed by atoms with Crippen molar-refractivity contribution in [2.45, 2.75) is 154 Å². The number of benzene rings is 2. The number of nitrogens with zero attached hydrogens (tertiary/aromatic N) is 2. The van der Waals surface area contributed by atoms with Gasteiger partial charge >= 0.3 is 0 Å². The molecule has 0 radical (unpaired) electrons. The van der Waals surface area contributed by atoms with E-state index in [1.54, 1.807) is 0 Å². The van der Waals surface area contributed by atoms with Crippen molar-refractivity contribution < 1.29 is 4.57 Å². The van der Waals surface area contributed by atoms with Crippen LogP contribution in [0.25, 0.3) is 0 Å². The van der Waals surface area contributed by atoms with Gasteiger partial charge in [-0.05, 0) is 36.8 Å². The molecule has 226 valence electrons. The molecule has 2 aromatic carbocycles. The number of aryl methyl sites for hydroxylation is 1. The zero-order valence-electron chi connectivity index (χ0n) is 26.9. The highest BCUT2D eigenvalue weighted by atomic mass is 15.1. The highest BCUT2D eigenvalue weighted by Gasteiger charge is 2.40. The van der Waals surface area contributed by atoms with Crippen LogP contribution in [0.1, 0.15) is 147 Å². The van der Waals surface area contributed by atoms with E-state index in [9.17, 15) is 0 Å². The second-order valence-corrected chi connectivity index (χ2v) is 12.8. The van der Waals surface area contributed by atoms with Crippen molar-refractivity contribution >= 4 is 0 Å². The first-order valence-corrected chi connectivity index (χ1v) is 17.3. The van der Waals surface area contributed by atoms with E-state index in [0.717, 1.165) is 13.0 Å². The maximum absolute atomic E-state index is 2.55. The molecule has 2 unspecified atom stereocenters. The fraction of sp³-hybridized carbons (Fsp3) is 0.615. The predicted molar refractivity (Wildman–Crippen MR) is 177 cm³/mol.